The van der Waals surface area contributed by atoms with E-state index in [1.807, 2.05) is 30.3 Å². The average Bonchev–Trinajstić information content (AvgIpc) is 2.90. The Kier molecular flexibility index (Phi) is 10.2. The first-order valence-electron chi connectivity index (χ1n) is 11.4. The molecule has 1 amide bonds. The van der Waals surface area contributed by atoms with E-state index in [-0.39, 0.29) is 19.8 Å². The number of ketones is 1. The highest BCUT2D eigenvalue weighted by Crippen LogP contribution is 2.08. The van der Waals surface area contributed by atoms with Crippen molar-refractivity contribution in [2.75, 3.05) is 0 Å². The zero-order valence-corrected chi connectivity index (χ0v) is 19.6. The molecule has 3 aromatic rings. The summed E-state index contributed by atoms with van der Waals surface area (Å²) >= 11 is 0. The van der Waals surface area contributed by atoms with Crippen LogP contribution in [0, 0.1) is 0 Å². The number of esters is 2. The fraction of sp³-hybridized carbons (Fsp3) is 0.214. The van der Waals surface area contributed by atoms with Crippen molar-refractivity contribution in [2.24, 2.45) is 0 Å². The first-order chi connectivity index (χ1) is 17.5. The molecule has 0 fully saturated rings. The Balaban J connectivity index is 1.54. The third-order valence-electron chi connectivity index (χ3n) is 5.03. The number of nitrogens with one attached hydrogen (secondary N) is 1. The Morgan fingerprint density at radius 2 is 1.06 bits per heavy atom. The van der Waals surface area contributed by atoms with Gasteiger partial charge >= 0.3 is 18.0 Å². The maximum Gasteiger partial charge on any atom is 0.408 e. The summed E-state index contributed by atoms with van der Waals surface area (Å²) in [6.07, 6.45) is -1.88. The molecule has 0 aromatic heterocycles. The highest BCUT2D eigenvalue weighted by molar-refractivity contribution is 5.98. The second kappa shape index (κ2) is 14.1. The molecule has 0 bridgehead atoms. The van der Waals surface area contributed by atoms with E-state index in [9.17, 15) is 19.2 Å². The summed E-state index contributed by atoms with van der Waals surface area (Å²) in [6.45, 7) is -0.0258. The number of ether oxygens (including phenoxy) is 3. The molecule has 3 rings (SSSR count). The van der Waals surface area contributed by atoms with Crippen LogP contribution in [0.2, 0.25) is 0 Å². The Labute approximate surface area is 209 Å². The third-order valence-corrected chi connectivity index (χ3v) is 5.03. The van der Waals surface area contributed by atoms with Gasteiger partial charge in [0, 0.05) is 6.42 Å². The van der Waals surface area contributed by atoms with Crippen molar-refractivity contribution >= 4 is 23.8 Å². The summed E-state index contributed by atoms with van der Waals surface area (Å²) in [5, 5.41) is 2.38. The number of amides is 1. The van der Waals surface area contributed by atoms with Crippen LogP contribution >= 0.6 is 0 Å². The fourth-order valence-electron chi connectivity index (χ4n) is 3.18. The first kappa shape index (κ1) is 26.2. The highest BCUT2D eigenvalue weighted by atomic mass is 16.6. The van der Waals surface area contributed by atoms with E-state index in [2.05, 4.69) is 5.32 Å². The van der Waals surface area contributed by atoms with E-state index < -0.39 is 42.7 Å². The van der Waals surface area contributed by atoms with E-state index in [0.29, 0.717) is 0 Å². The normalized spacial score (nSPS) is 11.1. The van der Waals surface area contributed by atoms with Gasteiger partial charge in [-0.1, -0.05) is 91.0 Å². The maximum atomic E-state index is 12.7. The zero-order chi connectivity index (χ0) is 25.6. The van der Waals surface area contributed by atoms with E-state index in [1.165, 1.54) is 0 Å². The number of rotatable bonds is 12. The number of hydrogen-bond acceptors (Lipinski definition) is 7. The summed E-state index contributed by atoms with van der Waals surface area (Å²) in [6, 6.07) is 25.7. The SMILES string of the molecule is O=C(CC(=O)OCc1ccccc1)C[C@H](NC(=O)OCc1ccccc1)C(=O)OCc1ccccc1. The van der Waals surface area contributed by atoms with E-state index in [0.717, 1.165) is 16.7 Å². The number of Topliss-reactive ketones (excluding diaryl/α,β-unsaturated/α-hetero) is 1. The molecule has 0 radical (unpaired) electrons. The third kappa shape index (κ3) is 9.42. The molecule has 0 heterocycles. The Bertz CT molecular complexity index is 1130. The largest absolute Gasteiger partial charge is 0.460 e. The zero-order valence-electron chi connectivity index (χ0n) is 19.6. The van der Waals surface area contributed by atoms with Crippen LogP contribution in [0.5, 0.6) is 0 Å². The van der Waals surface area contributed by atoms with Crippen LogP contribution in [-0.2, 0) is 48.4 Å². The van der Waals surface area contributed by atoms with E-state index in [4.69, 9.17) is 14.2 Å². The van der Waals surface area contributed by atoms with Crippen molar-refractivity contribution in [1.82, 2.24) is 5.32 Å². The minimum absolute atomic E-state index is 0.0157. The molecule has 186 valence electrons. The lowest BCUT2D eigenvalue weighted by Gasteiger charge is -2.17. The average molecular weight is 490 g/mol. The minimum atomic E-state index is -1.33. The number of benzene rings is 3. The van der Waals surface area contributed by atoms with Crippen LogP contribution < -0.4 is 5.32 Å². The van der Waals surface area contributed by atoms with Crippen molar-refractivity contribution in [3.63, 3.8) is 0 Å². The summed E-state index contributed by atoms with van der Waals surface area (Å²) < 4.78 is 15.6. The molecule has 0 unspecified atom stereocenters. The van der Waals surface area contributed by atoms with Gasteiger partial charge in [0.2, 0.25) is 0 Å². The molecule has 1 N–H and O–H groups in total. The standard InChI is InChI=1S/C28H27NO7/c30-24(17-26(31)34-18-21-10-4-1-5-11-21)16-25(27(32)35-19-22-12-6-2-7-13-22)29-28(33)36-20-23-14-8-3-9-15-23/h1-15,25H,16-20H2,(H,29,33)/t25-/m0/s1. The number of hydrogen-bond donors (Lipinski definition) is 1. The highest BCUT2D eigenvalue weighted by Gasteiger charge is 2.27. The van der Waals surface area contributed by atoms with Gasteiger partial charge in [0.15, 0.2) is 0 Å². The summed E-state index contributed by atoms with van der Waals surface area (Å²) in [5.41, 5.74) is 2.28. The van der Waals surface area contributed by atoms with Gasteiger partial charge in [-0.2, -0.15) is 0 Å². The van der Waals surface area contributed by atoms with Gasteiger partial charge in [-0.05, 0) is 16.7 Å². The van der Waals surface area contributed by atoms with Gasteiger partial charge in [-0.15, -0.1) is 0 Å². The molecule has 8 nitrogen and oxygen atoms in total. The van der Waals surface area contributed by atoms with Crippen LogP contribution in [0.3, 0.4) is 0 Å². The van der Waals surface area contributed by atoms with Gasteiger partial charge in [0.05, 0.1) is 0 Å². The summed E-state index contributed by atoms with van der Waals surface area (Å²) in [5.74, 6) is -2.13. The molecular weight excluding hydrogens is 462 g/mol. The quantitative estimate of drug-likeness (QED) is 0.232. The van der Waals surface area contributed by atoms with Gasteiger partial charge in [0.1, 0.15) is 38.1 Å². The second-order valence-corrected chi connectivity index (χ2v) is 7.92. The van der Waals surface area contributed by atoms with E-state index in [1.54, 1.807) is 60.7 Å². The van der Waals surface area contributed by atoms with Gasteiger partial charge in [-0.25, -0.2) is 9.59 Å². The lowest BCUT2D eigenvalue weighted by Crippen LogP contribution is -2.43. The summed E-state index contributed by atoms with van der Waals surface area (Å²) in [4.78, 5) is 49.6. The Morgan fingerprint density at radius 1 is 0.611 bits per heavy atom. The molecule has 0 saturated heterocycles. The first-order valence-corrected chi connectivity index (χ1v) is 11.4. The predicted molar refractivity (Wildman–Crippen MR) is 130 cm³/mol. The van der Waals surface area contributed by atoms with Crippen LogP contribution in [0.25, 0.3) is 0 Å². The lowest BCUT2D eigenvalue weighted by atomic mass is 10.1. The molecule has 0 spiro atoms. The summed E-state index contributed by atoms with van der Waals surface area (Å²) in [7, 11) is 0. The topological polar surface area (TPSA) is 108 Å². The lowest BCUT2D eigenvalue weighted by molar-refractivity contribution is -0.151. The molecule has 0 aliphatic carbocycles. The van der Waals surface area contributed by atoms with Crippen molar-refractivity contribution < 1.29 is 33.4 Å². The molecule has 0 aliphatic heterocycles. The maximum absolute atomic E-state index is 12.7. The van der Waals surface area contributed by atoms with Crippen LogP contribution in [0.4, 0.5) is 4.79 Å². The van der Waals surface area contributed by atoms with Crippen molar-refractivity contribution in [3.8, 4) is 0 Å². The fourth-order valence-corrected chi connectivity index (χ4v) is 3.18. The van der Waals surface area contributed by atoms with Gasteiger partial charge in [0.25, 0.3) is 0 Å². The smallest absolute Gasteiger partial charge is 0.408 e. The molecule has 0 aliphatic rings. The minimum Gasteiger partial charge on any atom is -0.460 e. The molecule has 1 atom stereocenters. The number of carbonyl (C=O) groups is 4. The second-order valence-electron chi connectivity index (χ2n) is 7.92. The van der Waals surface area contributed by atoms with Crippen molar-refractivity contribution in [3.05, 3.63) is 108 Å². The van der Waals surface area contributed by atoms with Gasteiger partial charge < -0.3 is 19.5 Å². The molecule has 8 heteroatoms. The monoisotopic (exact) mass is 489 g/mol. The van der Waals surface area contributed by atoms with Crippen molar-refractivity contribution in [2.45, 2.75) is 38.7 Å². The molecule has 36 heavy (non-hydrogen) atoms. The van der Waals surface area contributed by atoms with Gasteiger partial charge in [-0.3, -0.25) is 9.59 Å². The Hall–Kier alpha value is -4.46. The van der Waals surface area contributed by atoms with Crippen LogP contribution in [0.15, 0.2) is 91.0 Å². The molecular formula is C28H27NO7. The molecule has 3 aromatic carbocycles. The van der Waals surface area contributed by atoms with E-state index >= 15 is 0 Å². The predicted octanol–water partition coefficient (Wildman–Crippen LogP) is 4.12. The number of alkyl carbamates (subject to hydrolysis) is 1. The molecule has 0 saturated carbocycles. The van der Waals surface area contributed by atoms with Crippen molar-refractivity contribution in [1.29, 1.82) is 0 Å². The van der Waals surface area contributed by atoms with Crippen LogP contribution in [-0.4, -0.2) is 29.9 Å². The van der Waals surface area contributed by atoms with Crippen LogP contribution in [0.1, 0.15) is 29.5 Å². The number of carbonyl (C=O) groups excluding carboxylic acids is 4. The Morgan fingerprint density at radius 3 is 1.56 bits per heavy atom.